The van der Waals surface area contributed by atoms with Gasteiger partial charge in [0.2, 0.25) is 5.91 Å². The lowest BCUT2D eigenvalue weighted by Crippen LogP contribution is -2.46. The molecule has 138 valence electrons. The number of anilines is 1. The smallest absolute Gasteiger partial charge is 0.223 e. The highest BCUT2D eigenvalue weighted by Gasteiger charge is 2.44. The molecule has 3 heterocycles. The number of hydrogen-bond acceptors (Lipinski definition) is 5. The van der Waals surface area contributed by atoms with E-state index in [0.29, 0.717) is 18.4 Å². The number of hydrogen-bond donors (Lipinski definition) is 1. The molecule has 1 N–H and O–H groups in total. The van der Waals surface area contributed by atoms with Crippen molar-refractivity contribution in [3.8, 4) is 0 Å². The van der Waals surface area contributed by atoms with Crippen molar-refractivity contribution in [1.82, 2.24) is 24.6 Å². The van der Waals surface area contributed by atoms with Gasteiger partial charge in [0.1, 0.15) is 5.82 Å². The molecule has 7 nitrogen and oxygen atoms in total. The molecule has 2 aliphatic rings. The molecule has 26 heavy (non-hydrogen) atoms. The highest BCUT2D eigenvalue weighted by Crippen LogP contribution is 2.43. The number of rotatable bonds is 5. The topological polar surface area (TPSA) is 75.9 Å². The lowest BCUT2D eigenvalue weighted by molar-refractivity contribution is -0.139. The predicted molar refractivity (Wildman–Crippen MR) is 98.5 cm³/mol. The number of nitrogens with zero attached hydrogens (tertiary/aromatic N) is 5. The van der Waals surface area contributed by atoms with Crippen LogP contribution in [0.3, 0.4) is 0 Å². The third kappa shape index (κ3) is 3.30. The fourth-order valence-electron chi connectivity index (χ4n) is 3.93. The van der Waals surface area contributed by atoms with Crippen LogP contribution in [0.4, 0.5) is 5.82 Å². The SMILES string of the molecule is Cc1cnc(C)c(NC[C@H]2CCC(=O)N(C3CC3)[C@@H]2c2cnn(C)c2)n1. The predicted octanol–water partition coefficient (Wildman–Crippen LogP) is 2.38. The standard InChI is InChI=1S/C19H26N6O/c1-12-8-20-13(2)19(23-12)21-9-14-4-7-17(26)25(16-5-6-16)18(14)15-10-22-24(3)11-15/h8,10-11,14,16,18H,4-7,9H2,1-3H3,(H,21,23)/t14-,18+/m1/s1. The summed E-state index contributed by atoms with van der Waals surface area (Å²) in [7, 11) is 1.93. The Labute approximate surface area is 153 Å². The second kappa shape index (κ2) is 6.70. The highest BCUT2D eigenvalue weighted by molar-refractivity contribution is 5.78. The van der Waals surface area contributed by atoms with Crippen LogP contribution in [0.2, 0.25) is 0 Å². The van der Waals surface area contributed by atoms with E-state index in [9.17, 15) is 4.79 Å². The van der Waals surface area contributed by atoms with Crippen LogP contribution in [0, 0.1) is 19.8 Å². The van der Waals surface area contributed by atoms with Gasteiger partial charge in [-0.3, -0.25) is 14.5 Å². The Balaban J connectivity index is 1.58. The molecule has 0 bridgehead atoms. The lowest BCUT2D eigenvalue weighted by Gasteiger charge is -2.41. The van der Waals surface area contributed by atoms with Crippen LogP contribution in [-0.4, -0.2) is 43.1 Å². The Morgan fingerprint density at radius 3 is 2.73 bits per heavy atom. The molecule has 0 radical (unpaired) electrons. The molecule has 2 atom stereocenters. The van der Waals surface area contributed by atoms with Crippen molar-refractivity contribution in [2.75, 3.05) is 11.9 Å². The molecule has 7 heteroatoms. The summed E-state index contributed by atoms with van der Waals surface area (Å²) in [5, 5.41) is 7.83. The molecule has 0 aromatic carbocycles. The van der Waals surface area contributed by atoms with Gasteiger partial charge in [0.05, 0.1) is 23.6 Å². The maximum absolute atomic E-state index is 12.6. The van der Waals surface area contributed by atoms with Crippen molar-refractivity contribution >= 4 is 11.7 Å². The fourth-order valence-corrected chi connectivity index (χ4v) is 3.93. The van der Waals surface area contributed by atoms with Gasteiger partial charge in [0, 0.05) is 49.9 Å². The normalized spacial score (nSPS) is 23.3. The molecule has 2 aromatic heterocycles. The summed E-state index contributed by atoms with van der Waals surface area (Å²) < 4.78 is 1.82. The molecular weight excluding hydrogens is 328 g/mol. The van der Waals surface area contributed by atoms with E-state index >= 15 is 0 Å². The van der Waals surface area contributed by atoms with Crippen LogP contribution in [0.5, 0.6) is 0 Å². The molecule has 1 saturated carbocycles. The number of likely N-dealkylation sites (tertiary alicyclic amines) is 1. The summed E-state index contributed by atoms with van der Waals surface area (Å²) in [5.41, 5.74) is 2.94. The maximum Gasteiger partial charge on any atom is 0.223 e. The maximum atomic E-state index is 12.6. The van der Waals surface area contributed by atoms with Gasteiger partial charge in [-0.2, -0.15) is 5.10 Å². The number of aromatic nitrogens is 4. The Kier molecular flexibility index (Phi) is 4.38. The van der Waals surface area contributed by atoms with Crippen molar-refractivity contribution < 1.29 is 4.79 Å². The third-order valence-corrected chi connectivity index (χ3v) is 5.38. The minimum atomic E-state index is 0.0861. The summed E-state index contributed by atoms with van der Waals surface area (Å²) in [5.74, 6) is 1.45. The first kappa shape index (κ1) is 17.0. The number of carbonyl (C=O) groups is 1. The molecular formula is C19H26N6O. The van der Waals surface area contributed by atoms with Crippen LogP contribution >= 0.6 is 0 Å². The fraction of sp³-hybridized carbons (Fsp3) is 0.579. The quantitative estimate of drug-likeness (QED) is 0.892. The number of aryl methyl sites for hydroxylation is 3. The van der Waals surface area contributed by atoms with Gasteiger partial charge in [0.15, 0.2) is 0 Å². The van der Waals surface area contributed by atoms with Gasteiger partial charge in [-0.05, 0) is 33.1 Å². The summed E-state index contributed by atoms with van der Waals surface area (Å²) in [6.07, 6.45) is 9.47. The monoisotopic (exact) mass is 354 g/mol. The number of amides is 1. The average Bonchev–Trinajstić information content (AvgIpc) is 3.36. The third-order valence-electron chi connectivity index (χ3n) is 5.38. The molecule has 1 saturated heterocycles. The van der Waals surface area contributed by atoms with E-state index in [1.165, 1.54) is 0 Å². The van der Waals surface area contributed by atoms with Crippen LogP contribution in [0.15, 0.2) is 18.6 Å². The van der Waals surface area contributed by atoms with Crippen molar-refractivity contribution in [3.05, 3.63) is 35.5 Å². The van der Waals surface area contributed by atoms with Gasteiger partial charge < -0.3 is 10.2 Å². The zero-order valence-electron chi connectivity index (χ0n) is 15.6. The van der Waals surface area contributed by atoms with Gasteiger partial charge in [-0.15, -0.1) is 0 Å². The molecule has 4 rings (SSSR count). The minimum absolute atomic E-state index is 0.0861. The van der Waals surface area contributed by atoms with E-state index in [2.05, 4.69) is 25.3 Å². The zero-order valence-corrected chi connectivity index (χ0v) is 15.6. The van der Waals surface area contributed by atoms with E-state index < -0.39 is 0 Å². The number of nitrogens with one attached hydrogen (secondary N) is 1. The first-order chi connectivity index (χ1) is 12.5. The Morgan fingerprint density at radius 2 is 2.04 bits per heavy atom. The van der Waals surface area contributed by atoms with Crippen molar-refractivity contribution in [1.29, 1.82) is 0 Å². The van der Waals surface area contributed by atoms with Crippen LogP contribution in [-0.2, 0) is 11.8 Å². The van der Waals surface area contributed by atoms with Gasteiger partial charge in [0.25, 0.3) is 0 Å². The largest absolute Gasteiger partial charge is 0.368 e. The molecule has 0 spiro atoms. The first-order valence-corrected chi connectivity index (χ1v) is 9.36. The number of piperidine rings is 1. The molecule has 1 aliphatic heterocycles. The minimum Gasteiger partial charge on any atom is -0.368 e. The number of carbonyl (C=O) groups excluding carboxylic acids is 1. The van der Waals surface area contributed by atoms with Crippen LogP contribution < -0.4 is 5.32 Å². The molecule has 1 amide bonds. The Bertz CT molecular complexity index is 812. The molecule has 0 unspecified atom stereocenters. The summed E-state index contributed by atoms with van der Waals surface area (Å²) >= 11 is 0. The zero-order chi connectivity index (χ0) is 18.3. The average molecular weight is 354 g/mol. The van der Waals surface area contributed by atoms with Crippen LogP contribution in [0.1, 0.15) is 48.7 Å². The van der Waals surface area contributed by atoms with Gasteiger partial charge in [-0.1, -0.05) is 0 Å². The Hall–Kier alpha value is -2.44. The highest BCUT2D eigenvalue weighted by atomic mass is 16.2. The lowest BCUT2D eigenvalue weighted by atomic mass is 9.85. The first-order valence-electron chi connectivity index (χ1n) is 9.36. The van der Waals surface area contributed by atoms with E-state index in [0.717, 1.165) is 48.6 Å². The van der Waals surface area contributed by atoms with Crippen molar-refractivity contribution in [3.63, 3.8) is 0 Å². The van der Waals surface area contributed by atoms with Crippen molar-refractivity contribution in [2.45, 2.75) is 51.6 Å². The summed E-state index contributed by atoms with van der Waals surface area (Å²) in [4.78, 5) is 23.7. The molecule has 1 aliphatic carbocycles. The summed E-state index contributed by atoms with van der Waals surface area (Å²) in [6, 6.07) is 0.485. The summed E-state index contributed by atoms with van der Waals surface area (Å²) in [6.45, 7) is 4.69. The van der Waals surface area contributed by atoms with E-state index in [-0.39, 0.29) is 11.9 Å². The Morgan fingerprint density at radius 1 is 1.23 bits per heavy atom. The van der Waals surface area contributed by atoms with E-state index in [1.807, 2.05) is 38.0 Å². The molecule has 2 fully saturated rings. The van der Waals surface area contributed by atoms with Crippen LogP contribution in [0.25, 0.3) is 0 Å². The second-order valence-electron chi connectivity index (χ2n) is 7.55. The van der Waals surface area contributed by atoms with Gasteiger partial charge in [-0.25, -0.2) is 4.98 Å². The van der Waals surface area contributed by atoms with Gasteiger partial charge >= 0.3 is 0 Å². The van der Waals surface area contributed by atoms with E-state index in [4.69, 9.17) is 0 Å². The van der Waals surface area contributed by atoms with Crippen molar-refractivity contribution in [2.24, 2.45) is 13.0 Å². The molecule has 2 aromatic rings. The second-order valence-corrected chi connectivity index (χ2v) is 7.55. The van der Waals surface area contributed by atoms with E-state index in [1.54, 1.807) is 6.20 Å².